The maximum Gasteiger partial charge on any atom is 0.314 e. The first-order valence-electron chi connectivity index (χ1n) is 9.70. The van der Waals surface area contributed by atoms with Gasteiger partial charge in [-0.2, -0.15) is 5.10 Å². The van der Waals surface area contributed by atoms with Crippen LogP contribution < -0.4 is 0 Å². The molecule has 0 atom stereocenters. The molecule has 1 fully saturated rings. The fourth-order valence-electron chi connectivity index (χ4n) is 4.04. The molecule has 6 nitrogen and oxygen atoms in total. The maximum atomic E-state index is 12.9. The number of piperidine rings is 1. The summed E-state index contributed by atoms with van der Waals surface area (Å²) in [6.07, 6.45) is 2.55. The first-order valence-corrected chi connectivity index (χ1v) is 9.70. The standard InChI is InChI=1S/C23H23N3O3/c1-17-11-14-24-26(17)20-9-7-18(8-10-20)21(27)25-15-12-23(13-16-25,22(28)29)19-5-3-2-4-6-19/h2-11,14H,12-13,15-16H2,1H3,(H,28,29). The van der Waals surface area contributed by atoms with E-state index in [1.807, 2.05) is 60.1 Å². The van der Waals surface area contributed by atoms with E-state index >= 15 is 0 Å². The van der Waals surface area contributed by atoms with Crippen molar-refractivity contribution in [2.75, 3.05) is 13.1 Å². The molecule has 1 aromatic heterocycles. The molecule has 0 spiro atoms. The summed E-state index contributed by atoms with van der Waals surface area (Å²) in [5.74, 6) is -0.893. The van der Waals surface area contributed by atoms with Crippen molar-refractivity contribution in [2.24, 2.45) is 0 Å². The Hall–Kier alpha value is -3.41. The van der Waals surface area contributed by atoms with Crippen molar-refractivity contribution in [3.8, 4) is 5.69 Å². The van der Waals surface area contributed by atoms with Gasteiger partial charge in [0.05, 0.1) is 11.1 Å². The zero-order valence-electron chi connectivity index (χ0n) is 16.3. The van der Waals surface area contributed by atoms with Gasteiger partial charge in [0, 0.05) is 30.5 Å². The zero-order chi connectivity index (χ0) is 20.4. The van der Waals surface area contributed by atoms with E-state index in [4.69, 9.17) is 0 Å². The summed E-state index contributed by atoms with van der Waals surface area (Å²) in [7, 11) is 0. The van der Waals surface area contributed by atoms with Gasteiger partial charge in [0.15, 0.2) is 0 Å². The van der Waals surface area contributed by atoms with Gasteiger partial charge in [-0.1, -0.05) is 30.3 Å². The Labute approximate surface area is 169 Å². The number of aliphatic carboxylic acids is 1. The predicted molar refractivity (Wildman–Crippen MR) is 109 cm³/mol. The molecule has 0 unspecified atom stereocenters. The average Bonchev–Trinajstić information content (AvgIpc) is 3.20. The summed E-state index contributed by atoms with van der Waals surface area (Å²) < 4.78 is 1.82. The zero-order valence-corrected chi connectivity index (χ0v) is 16.3. The van der Waals surface area contributed by atoms with Crippen LogP contribution >= 0.6 is 0 Å². The first kappa shape index (κ1) is 18.9. The van der Waals surface area contributed by atoms with Crippen LogP contribution in [0.5, 0.6) is 0 Å². The molecule has 1 saturated heterocycles. The number of amides is 1. The summed E-state index contributed by atoms with van der Waals surface area (Å²) in [6, 6.07) is 18.6. The highest BCUT2D eigenvalue weighted by molar-refractivity contribution is 5.94. The maximum absolute atomic E-state index is 12.9. The molecule has 6 heteroatoms. The highest BCUT2D eigenvalue weighted by Gasteiger charge is 2.43. The number of aromatic nitrogens is 2. The van der Waals surface area contributed by atoms with Gasteiger partial charge in [-0.05, 0) is 55.7 Å². The minimum Gasteiger partial charge on any atom is -0.481 e. The predicted octanol–water partition coefficient (Wildman–Crippen LogP) is 3.44. The van der Waals surface area contributed by atoms with E-state index in [9.17, 15) is 14.7 Å². The van der Waals surface area contributed by atoms with Crippen LogP contribution in [0.3, 0.4) is 0 Å². The molecule has 0 bridgehead atoms. The van der Waals surface area contributed by atoms with Gasteiger partial charge < -0.3 is 10.0 Å². The number of nitrogens with zero attached hydrogens (tertiary/aromatic N) is 3. The highest BCUT2D eigenvalue weighted by Crippen LogP contribution is 2.36. The van der Waals surface area contributed by atoms with Gasteiger partial charge >= 0.3 is 5.97 Å². The van der Waals surface area contributed by atoms with Crippen LogP contribution in [0, 0.1) is 6.92 Å². The molecule has 0 saturated carbocycles. The number of hydrogen-bond acceptors (Lipinski definition) is 3. The molecule has 0 radical (unpaired) electrons. The van der Waals surface area contributed by atoms with Crippen molar-refractivity contribution in [2.45, 2.75) is 25.2 Å². The Morgan fingerprint density at radius 2 is 1.62 bits per heavy atom. The lowest BCUT2D eigenvalue weighted by Gasteiger charge is -2.39. The number of carbonyl (C=O) groups excluding carboxylic acids is 1. The van der Waals surface area contributed by atoms with Crippen molar-refractivity contribution in [3.63, 3.8) is 0 Å². The largest absolute Gasteiger partial charge is 0.481 e. The van der Waals surface area contributed by atoms with Crippen molar-refractivity contribution in [1.29, 1.82) is 0 Å². The summed E-state index contributed by atoms with van der Waals surface area (Å²) in [4.78, 5) is 26.8. The average molecular weight is 389 g/mol. The van der Waals surface area contributed by atoms with E-state index in [0.717, 1.165) is 16.9 Å². The van der Waals surface area contributed by atoms with E-state index in [1.165, 1.54) is 0 Å². The van der Waals surface area contributed by atoms with E-state index in [0.29, 0.717) is 31.5 Å². The summed E-state index contributed by atoms with van der Waals surface area (Å²) >= 11 is 0. The van der Waals surface area contributed by atoms with Crippen molar-refractivity contribution in [3.05, 3.63) is 83.7 Å². The fraction of sp³-hybridized carbons (Fsp3) is 0.261. The monoisotopic (exact) mass is 389 g/mol. The smallest absolute Gasteiger partial charge is 0.314 e. The van der Waals surface area contributed by atoms with Crippen molar-refractivity contribution < 1.29 is 14.7 Å². The van der Waals surface area contributed by atoms with E-state index in [-0.39, 0.29) is 5.91 Å². The third-order valence-corrected chi connectivity index (χ3v) is 5.83. The number of hydrogen-bond donors (Lipinski definition) is 1. The van der Waals surface area contributed by atoms with Crippen LogP contribution in [0.25, 0.3) is 5.69 Å². The Balaban J connectivity index is 1.49. The molecule has 1 aliphatic rings. The van der Waals surface area contributed by atoms with Gasteiger partial charge in [-0.15, -0.1) is 0 Å². The summed E-state index contributed by atoms with van der Waals surface area (Å²) in [5.41, 5.74) is 2.39. The SMILES string of the molecule is Cc1ccnn1-c1ccc(C(=O)N2CCC(C(=O)O)(c3ccccc3)CC2)cc1. The first-order chi connectivity index (χ1) is 14.0. The lowest BCUT2D eigenvalue weighted by Crippen LogP contribution is -2.49. The molecule has 1 N–H and O–H groups in total. The van der Waals surface area contributed by atoms with E-state index in [1.54, 1.807) is 23.2 Å². The number of rotatable bonds is 4. The van der Waals surface area contributed by atoms with Gasteiger partial charge in [0.25, 0.3) is 5.91 Å². The van der Waals surface area contributed by atoms with Crippen LogP contribution in [-0.4, -0.2) is 44.8 Å². The van der Waals surface area contributed by atoms with Gasteiger partial charge in [-0.3, -0.25) is 9.59 Å². The molecule has 1 aliphatic heterocycles. The Bertz CT molecular complexity index is 1020. The molecule has 4 rings (SSSR count). The number of carboxylic acid groups (broad SMARTS) is 1. The minimum absolute atomic E-state index is 0.0687. The molecule has 3 aromatic rings. The minimum atomic E-state index is -0.931. The van der Waals surface area contributed by atoms with Crippen LogP contribution in [0.15, 0.2) is 66.9 Å². The molecule has 2 heterocycles. The molecular formula is C23H23N3O3. The normalized spacial score (nSPS) is 15.8. The quantitative estimate of drug-likeness (QED) is 0.742. The second-order valence-corrected chi connectivity index (χ2v) is 7.48. The lowest BCUT2D eigenvalue weighted by molar-refractivity contribution is -0.145. The van der Waals surface area contributed by atoms with E-state index in [2.05, 4.69) is 5.10 Å². The van der Waals surface area contributed by atoms with Crippen LogP contribution in [0.1, 0.15) is 34.5 Å². The molecule has 148 valence electrons. The summed E-state index contributed by atoms with van der Waals surface area (Å²) in [6.45, 7) is 2.81. The topological polar surface area (TPSA) is 75.4 Å². The fourth-order valence-corrected chi connectivity index (χ4v) is 4.04. The van der Waals surface area contributed by atoms with Gasteiger partial charge in [0.1, 0.15) is 0 Å². The van der Waals surface area contributed by atoms with Crippen molar-refractivity contribution in [1.82, 2.24) is 14.7 Å². The number of aryl methyl sites for hydroxylation is 1. The van der Waals surface area contributed by atoms with Crippen LogP contribution in [0.4, 0.5) is 0 Å². The molecular weight excluding hydrogens is 366 g/mol. The third-order valence-electron chi connectivity index (χ3n) is 5.83. The number of likely N-dealkylation sites (tertiary alicyclic amines) is 1. The second-order valence-electron chi connectivity index (χ2n) is 7.48. The summed E-state index contributed by atoms with van der Waals surface area (Å²) in [5, 5.41) is 14.2. The van der Waals surface area contributed by atoms with Gasteiger partial charge in [-0.25, -0.2) is 4.68 Å². The number of carbonyl (C=O) groups is 2. The third kappa shape index (κ3) is 3.42. The molecule has 1 amide bonds. The number of benzene rings is 2. The second kappa shape index (κ2) is 7.54. The molecule has 29 heavy (non-hydrogen) atoms. The molecule has 2 aromatic carbocycles. The Morgan fingerprint density at radius 3 is 2.17 bits per heavy atom. The highest BCUT2D eigenvalue weighted by atomic mass is 16.4. The number of carboxylic acids is 1. The van der Waals surface area contributed by atoms with E-state index < -0.39 is 11.4 Å². The van der Waals surface area contributed by atoms with Gasteiger partial charge in [0.2, 0.25) is 0 Å². The Morgan fingerprint density at radius 1 is 0.966 bits per heavy atom. The van der Waals surface area contributed by atoms with Crippen LogP contribution in [-0.2, 0) is 10.2 Å². The molecule has 0 aliphatic carbocycles. The van der Waals surface area contributed by atoms with Crippen LogP contribution in [0.2, 0.25) is 0 Å². The lowest BCUT2D eigenvalue weighted by atomic mass is 9.73. The van der Waals surface area contributed by atoms with Crippen molar-refractivity contribution >= 4 is 11.9 Å². The Kier molecular flexibility index (Phi) is 4.92.